The minimum Gasteiger partial charge on any atom is -0.462 e. The molecule has 0 radical (unpaired) electrons. The van der Waals surface area contributed by atoms with E-state index < -0.39 is 0 Å². The van der Waals surface area contributed by atoms with Crippen LogP contribution in [0.4, 0.5) is 0 Å². The van der Waals surface area contributed by atoms with E-state index in [2.05, 4.69) is 60.6 Å². The third-order valence-electron chi connectivity index (χ3n) is 5.58. The fraction of sp³-hybridized carbons (Fsp3) is 0.857. The molecule has 0 aliphatic carbocycles. The van der Waals surface area contributed by atoms with Gasteiger partial charge in [-0.15, -0.1) is 0 Å². The second-order valence-electron chi connectivity index (χ2n) is 8.86. The van der Waals surface area contributed by atoms with Crippen LogP contribution in [0.5, 0.6) is 0 Å². The lowest BCUT2D eigenvalue weighted by atomic mass is 9.66. The van der Waals surface area contributed by atoms with Gasteiger partial charge in [-0.3, -0.25) is 4.79 Å². The molecule has 0 spiro atoms. The van der Waals surface area contributed by atoms with Crippen LogP contribution >= 0.6 is 0 Å². The Morgan fingerprint density at radius 2 is 1.69 bits per heavy atom. The highest BCUT2D eigenvalue weighted by Crippen LogP contribution is 2.42. The number of hydrogen-bond acceptors (Lipinski definition) is 4. The Hall–Kier alpha value is -0.805. The molecule has 0 aromatic heterocycles. The lowest BCUT2D eigenvalue weighted by Crippen LogP contribution is -2.41. The zero-order valence-electron chi connectivity index (χ0n) is 18.1. The van der Waals surface area contributed by atoms with Crippen molar-refractivity contribution in [3.63, 3.8) is 0 Å². The van der Waals surface area contributed by atoms with Crippen molar-refractivity contribution in [2.75, 3.05) is 0 Å². The summed E-state index contributed by atoms with van der Waals surface area (Å²) in [5.41, 5.74) is -0.701. The molecule has 1 fully saturated rings. The summed E-state index contributed by atoms with van der Waals surface area (Å²) in [4.78, 5) is 11.5. The van der Waals surface area contributed by atoms with Gasteiger partial charge in [-0.2, -0.15) is 0 Å². The highest BCUT2D eigenvalue weighted by Gasteiger charge is 2.53. The van der Waals surface area contributed by atoms with E-state index in [0.717, 1.165) is 19.3 Å². The normalized spacial score (nSPS) is 21.3. The molecule has 4 nitrogen and oxygen atoms in total. The third-order valence-corrected chi connectivity index (χ3v) is 5.58. The monoisotopic (exact) mass is 366 g/mol. The van der Waals surface area contributed by atoms with E-state index in [0.29, 0.717) is 0 Å². The Morgan fingerprint density at radius 1 is 1.12 bits per heavy atom. The molecule has 1 saturated heterocycles. The summed E-state index contributed by atoms with van der Waals surface area (Å²) in [6.45, 7) is 16.2. The maximum Gasteiger partial charge on any atom is 0.461 e. The van der Waals surface area contributed by atoms with Crippen LogP contribution in [0.25, 0.3) is 0 Å². The van der Waals surface area contributed by atoms with Crippen LogP contribution in [-0.2, 0) is 18.8 Å². The van der Waals surface area contributed by atoms with Crippen molar-refractivity contribution < 1.29 is 18.8 Å². The first-order chi connectivity index (χ1) is 12.0. The number of allylic oxidation sites excluding steroid dienone is 2. The number of hydrogen-bond donors (Lipinski definition) is 0. The molecule has 0 saturated carbocycles. The highest BCUT2D eigenvalue weighted by molar-refractivity contribution is 6.47. The molecule has 0 bridgehead atoms. The summed E-state index contributed by atoms with van der Waals surface area (Å²) >= 11 is 0. The largest absolute Gasteiger partial charge is 0.462 e. The number of carbonyl (C=O) groups excluding carboxylic acids is 1. The quantitative estimate of drug-likeness (QED) is 0.220. The lowest BCUT2D eigenvalue weighted by molar-refractivity contribution is -0.149. The van der Waals surface area contributed by atoms with E-state index in [1.807, 2.05) is 0 Å². The minimum atomic E-state index is -0.351. The first kappa shape index (κ1) is 23.2. The van der Waals surface area contributed by atoms with E-state index in [1.165, 1.54) is 19.8 Å². The fourth-order valence-corrected chi connectivity index (χ4v) is 3.08. The summed E-state index contributed by atoms with van der Waals surface area (Å²) in [6.07, 6.45) is 9.48. The molecule has 0 unspecified atom stereocenters. The first-order valence-corrected chi connectivity index (χ1v) is 10.2. The molecule has 1 rings (SSSR count). The second-order valence-corrected chi connectivity index (χ2v) is 8.86. The molecule has 0 aromatic rings. The van der Waals surface area contributed by atoms with Crippen molar-refractivity contribution in [3.05, 3.63) is 12.2 Å². The van der Waals surface area contributed by atoms with Gasteiger partial charge in [-0.25, -0.2) is 0 Å². The highest BCUT2D eigenvalue weighted by atomic mass is 16.7. The molecule has 0 N–H and O–H groups in total. The smallest absolute Gasteiger partial charge is 0.461 e. The van der Waals surface area contributed by atoms with Crippen LogP contribution in [0.2, 0.25) is 5.82 Å². The molecule has 5 heteroatoms. The molecular formula is C21H39BO4. The lowest BCUT2D eigenvalue weighted by Gasteiger charge is -2.32. The van der Waals surface area contributed by atoms with Crippen LogP contribution in [0.3, 0.4) is 0 Å². The van der Waals surface area contributed by atoms with Gasteiger partial charge in [-0.1, -0.05) is 45.8 Å². The zero-order valence-corrected chi connectivity index (χ0v) is 18.1. The van der Waals surface area contributed by atoms with Gasteiger partial charge in [0.1, 0.15) is 6.10 Å². The van der Waals surface area contributed by atoms with Crippen LogP contribution in [0, 0.1) is 5.92 Å². The van der Waals surface area contributed by atoms with E-state index in [-0.39, 0.29) is 42.1 Å². The van der Waals surface area contributed by atoms with Gasteiger partial charge in [0.25, 0.3) is 0 Å². The van der Waals surface area contributed by atoms with E-state index in [9.17, 15) is 4.79 Å². The molecule has 150 valence electrons. The predicted octanol–water partition coefficient (Wildman–Crippen LogP) is 5.56. The van der Waals surface area contributed by atoms with Crippen molar-refractivity contribution in [1.82, 2.24) is 0 Å². The van der Waals surface area contributed by atoms with Crippen molar-refractivity contribution in [2.24, 2.45) is 5.92 Å². The summed E-state index contributed by atoms with van der Waals surface area (Å²) < 4.78 is 18.2. The van der Waals surface area contributed by atoms with Crippen molar-refractivity contribution in [1.29, 1.82) is 0 Å². The minimum absolute atomic E-state index is 0.124. The Labute approximate surface area is 161 Å². The number of esters is 1. The van der Waals surface area contributed by atoms with Crippen molar-refractivity contribution in [3.8, 4) is 0 Å². The topological polar surface area (TPSA) is 44.8 Å². The Balaban J connectivity index is 2.88. The van der Waals surface area contributed by atoms with Crippen LogP contribution in [-0.4, -0.2) is 30.4 Å². The SMILES string of the molecule is CCCC/C=C/C[C@@H](C[C@H](OC(C)=O)C(C)C)B1OC(C)(C)C(C)(C)O1. The molecule has 1 aliphatic rings. The van der Waals surface area contributed by atoms with Gasteiger partial charge in [0.15, 0.2) is 0 Å². The van der Waals surface area contributed by atoms with E-state index in [4.69, 9.17) is 14.0 Å². The maximum atomic E-state index is 11.5. The number of unbranched alkanes of at least 4 members (excludes halogenated alkanes) is 2. The van der Waals surface area contributed by atoms with E-state index >= 15 is 0 Å². The summed E-state index contributed by atoms with van der Waals surface area (Å²) in [5, 5.41) is 0. The summed E-state index contributed by atoms with van der Waals surface area (Å²) in [6, 6.07) is 0. The Bertz CT molecular complexity index is 455. The number of ether oxygens (including phenoxy) is 1. The fourth-order valence-electron chi connectivity index (χ4n) is 3.08. The first-order valence-electron chi connectivity index (χ1n) is 10.2. The molecule has 1 aliphatic heterocycles. The molecular weight excluding hydrogens is 327 g/mol. The van der Waals surface area contributed by atoms with Gasteiger partial charge in [0.2, 0.25) is 0 Å². The predicted molar refractivity (Wildman–Crippen MR) is 108 cm³/mol. The maximum absolute atomic E-state index is 11.5. The van der Waals surface area contributed by atoms with Gasteiger partial charge >= 0.3 is 13.1 Å². The third kappa shape index (κ3) is 6.73. The summed E-state index contributed by atoms with van der Waals surface area (Å²) in [5.74, 6) is 0.184. The number of rotatable bonds is 10. The standard InChI is InChI=1S/C21H39BO4/c1-9-10-11-12-13-14-18(15-19(16(2)3)24-17(4)23)22-25-20(5,6)21(7,8)26-22/h12-13,16,18-19H,9-11,14-15H2,1-8H3/b13-12+/t18-,19-/m0/s1. The van der Waals surface area contributed by atoms with Crippen LogP contribution in [0.15, 0.2) is 12.2 Å². The van der Waals surface area contributed by atoms with Crippen LogP contribution in [0.1, 0.15) is 87.5 Å². The average Bonchev–Trinajstić information content (AvgIpc) is 2.72. The second kappa shape index (κ2) is 9.94. The molecule has 0 aromatic carbocycles. The molecule has 2 atom stereocenters. The van der Waals surface area contributed by atoms with Gasteiger partial charge < -0.3 is 14.0 Å². The Kier molecular flexibility index (Phi) is 8.88. The molecule has 26 heavy (non-hydrogen) atoms. The van der Waals surface area contributed by atoms with Gasteiger partial charge in [0, 0.05) is 12.7 Å². The van der Waals surface area contributed by atoms with E-state index in [1.54, 1.807) is 0 Å². The van der Waals surface area contributed by atoms with Gasteiger partial charge in [-0.05, 0) is 52.9 Å². The Morgan fingerprint density at radius 3 is 2.15 bits per heavy atom. The molecule has 1 heterocycles. The van der Waals surface area contributed by atoms with Crippen LogP contribution < -0.4 is 0 Å². The average molecular weight is 366 g/mol. The van der Waals surface area contributed by atoms with Crippen molar-refractivity contribution >= 4 is 13.1 Å². The summed E-state index contributed by atoms with van der Waals surface area (Å²) in [7, 11) is -0.285. The number of carbonyl (C=O) groups is 1. The van der Waals surface area contributed by atoms with Gasteiger partial charge in [0.05, 0.1) is 11.2 Å². The molecule has 0 amide bonds. The zero-order chi connectivity index (χ0) is 20.0. The van der Waals surface area contributed by atoms with Crippen molar-refractivity contribution in [2.45, 2.75) is 111 Å².